The molecule has 1 heterocycles. The van der Waals surface area contributed by atoms with Gasteiger partial charge in [0.25, 0.3) is 0 Å². The predicted octanol–water partition coefficient (Wildman–Crippen LogP) is 1.95. The summed E-state index contributed by atoms with van der Waals surface area (Å²) in [5.41, 5.74) is 1.21. The van der Waals surface area contributed by atoms with Crippen LogP contribution in [0.1, 0.15) is 37.7 Å². The van der Waals surface area contributed by atoms with Crippen molar-refractivity contribution in [2.75, 3.05) is 33.4 Å². The van der Waals surface area contributed by atoms with Crippen LogP contribution < -0.4 is 10.1 Å². The van der Waals surface area contributed by atoms with Crippen LogP contribution >= 0.6 is 0 Å². The fourth-order valence-corrected chi connectivity index (χ4v) is 3.68. The highest BCUT2D eigenvalue weighted by molar-refractivity contribution is 5.72. The van der Waals surface area contributed by atoms with Gasteiger partial charge in [0.05, 0.1) is 13.0 Å². The van der Waals surface area contributed by atoms with Gasteiger partial charge < -0.3 is 24.8 Å². The molecular formula is C21H32N2O4. The molecular weight excluding hydrogens is 344 g/mol. The molecule has 3 rings (SSSR count). The number of hydrogen-bond donors (Lipinski definition) is 2. The molecule has 1 unspecified atom stereocenters. The summed E-state index contributed by atoms with van der Waals surface area (Å²) in [5, 5.41) is 13.9. The van der Waals surface area contributed by atoms with Gasteiger partial charge in [-0.2, -0.15) is 0 Å². The molecule has 6 nitrogen and oxygen atoms in total. The number of benzene rings is 1. The molecule has 0 bridgehead atoms. The highest BCUT2D eigenvalue weighted by Gasteiger charge is 2.26. The Kier molecular flexibility index (Phi) is 7.50. The van der Waals surface area contributed by atoms with Crippen LogP contribution in [0.15, 0.2) is 24.3 Å². The van der Waals surface area contributed by atoms with Gasteiger partial charge >= 0.3 is 5.97 Å². The minimum Gasteiger partial charge on any atom is -0.491 e. The van der Waals surface area contributed by atoms with Gasteiger partial charge in [-0.3, -0.25) is 4.79 Å². The number of nitrogens with one attached hydrogen (secondary N) is 1. The quantitative estimate of drug-likeness (QED) is 0.642. The molecule has 1 aliphatic carbocycles. The number of ether oxygens (including phenoxy) is 2. The Morgan fingerprint density at radius 2 is 2.07 bits per heavy atom. The van der Waals surface area contributed by atoms with Gasteiger partial charge in [0, 0.05) is 19.1 Å². The zero-order chi connectivity index (χ0) is 19.1. The van der Waals surface area contributed by atoms with E-state index in [4.69, 9.17) is 9.47 Å². The molecule has 1 aliphatic heterocycles. The number of hydrogen-bond acceptors (Lipinski definition) is 6. The molecule has 0 amide bonds. The maximum absolute atomic E-state index is 11.6. The van der Waals surface area contributed by atoms with Crippen molar-refractivity contribution in [2.45, 2.75) is 50.8 Å². The van der Waals surface area contributed by atoms with Gasteiger partial charge in [0.15, 0.2) is 0 Å². The lowest BCUT2D eigenvalue weighted by Crippen LogP contribution is -2.42. The number of β-amino-alcohol motifs (C(OH)–C–C–N with tert-alkyl or cyclic N) is 1. The number of carbonyl (C=O) groups excluding carboxylic acids is 1. The van der Waals surface area contributed by atoms with Gasteiger partial charge in [-0.05, 0) is 56.5 Å². The van der Waals surface area contributed by atoms with E-state index in [1.54, 1.807) is 0 Å². The number of likely N-dealkylation sites (tertiary alicyclic amines) is 1. The summed E-state index contributed by atoms with van der Waals surface area (Å²) in [6, 6.07) is 8.74. The number of aliphatic hydroxyl groups excluding tert-OH is 1. The first-order chi connectivity index (χ1) is 13.1. The normalized spacial score (nSPS) is 20.1. The van der Waals surface area contributed by atoms with E-state index in [9.17, 15) is 9.90 Å². The Balaban J connectivity index is 1.36. The number of nitrogens with zero attached hydrogens (tertiary/aromatic N) is 1. The second-order valence-electron chi connectivity index (χ2n) is 7.72. The number of piperidine rings is 1. The van der Waals surface area contributed by atoms with E-state index in [1.165, 1.54) is 31.9 Å². The zero-order valence-corrected chi connectivity index (χ0v) is 16.2. The molecule has 2 fully saturated rings. The molecule has 2 aliphatic rings. The minimum absolute atomic E-state index is 0.00377. The number of aliphatic hydroxyl groups is 1. The molecule has 0 radical (unpaired) electrons. The maximum atomic E-state index is 11.6. The van der Waals surface area contributed by atoms with E-state index in [2.05, 4.69) is 16.3 Å². The highest BCUT2D eigenvalue weighted by Crippen LogP contribution is 2.20. The molecule has 1 saturated heterocycles. The predicted molar refractivity (Wildman–Crippen MR) is 104 cm³/mol. The number of methoxy groups -OCH3 is 1. The zero-order valence-electron chi connectivity index (χ0n) is 16.2. The fourth-order valence-electron chi connectivity index (χ4n) is 3.68. The summed E-state index contributed by atoms with van der Waals surface area (Å²) < 4.78 is 10.6. The first-order valence-corrected chi connectivity index (χ1v) is 10.1. The SMILES string of the molecule is COC(=O)C1CCN(CC(O)COc2cccc(CNC3CCC3)c2)CC1. The van der Waals surface area contributed by atoms with Gasteiger partial charge in [-0.25, -0.2) is 0 Å². The van der Waals surface area contributed by atoms with Crippen molar-refractivity contribution in [3.05, 3.63) is 29.8 Å². The fraction of sp³-hybridized carbons (Fsp3) is 0.667. The summed E-state index contributed by atoms with van der Waals surface area (Å²) in [6.45, 7) is 3.31. The van der Waals surface area contributed by atoms with Crippen LogP contribution in [-0.2, 0) is 16.1 Å². The largest absolute Gasteiger partial charge is 0.491 e. The topological polar surface area (TPSA) is 71.0 Å². The molecule has 1 aromatic carbocycles. The van der Waals surface area contributed by atoms with Gasteiger partial charge in [-0.15, -0.1) is 0 Å². The van der Waals surface area contributed by atoms with E-state index >= 15 is 0 Å². The van der Waals surface area contributed by atoms with Gasteiger partial charge in [0.2, 0.25) is 0 Å². The Bertz CT molecular complexity index is 598. The smallest absolute Gasteiger partial charge is 0.308 e. The van der Waals surface area contributed by atoms with E-state index < -0.39 is 6.10 Å². The van der Waals surface area contributed by atoms with Gasteiger partial charge in [-0.1, -0.05) is 18.6 Å². The van der Waals surface area contributed by atoms with Crippen molar-refractivity contribution in [1.82, 2.24) is 10.2 Å². The Labute approximate surface area is 161 Å². The van der Waals surface area contributed by atoms with E-state index in [0.29, 0.717) is 12.6 Å². The molecule has 1 saturated carbocycles. The lowest BCUT2D eigenvalue weighted by atomic mass is 9.93. The van der Waals surface area contributed by atoms with E-state index in [0.717, 1.165) is 38.2 Å². The first kappa shape index (κ1) is 20.1. The number of carbonyl (C=O) groups is 1. The van der Waals surface area contributed by atoms with Crippen LogP contribution in [0.5, 0.6) is 5.75 Å². The summed E-state index contributed by atoms with van der Waals surface area (Å²) in [4.78, 5) is 13.8. The molecule has 0 spiro atoms. The average molecular weight is 376 g/mol. The average Bonchev–Trinajstić information content (AvgIpc) is 2.65. The van der Waals surface area contributed by atoms with Crippen LogP contribution in [0.2, 0.25) is 0 Å². The maximum Gasteiger partial charge on any atom is 0.308 e. The lowest BCUT2D eigenvalue weighted by molar-refractivity contribution is -0.147. The molecule has 6 heteroatoms. The van der Waals surface area contributed by atoms with E-state index in [-0.39, 0.29) is 18.5 Å². The highest BCUT2D eigenvalue weighted by atomic mass is 16.5. The van der Waals surface area contributed by atoms with Crippen molar-refractivity contribution in [2.24, 2.45) is 5.92 Å². The number of esters is 1. The summed E-state index contributed by atoms with van der Waals surface area (Å²) in [5.74, 6) is 0.674. The lowest BCUT2D eigenvalue weighted by Gasteiger charge is -2.31. The Hall–Kier alpha value is -1.63. The van der Waals surface area contributed by atoms with Crippen LogP contribution in [0, 0.1) is 5.92 Å². The van der Waals surface area contributed by atoms with Crippen molar-refractivity contribution in [3.63, 3.8) is 0 Å². The molecule has 1 aromatic rings. The molecule has 1 atom stereocenters. The van der Waals surface area contributed by atoms with Crippen LogP contribution in [0.25, 0.3) is 0 Å². The minimum atomic E-state index is -0.545. The molecule has 27 heavy (non-hydrogen) atoms. The Morgan fingerprint density at radius 3 is 2.74 bits per heavy atom. The van der Waals surface area contributed by atoms with Crippen LogP contribution in [0.4, 0.5) is 0 Å². The standard InChI is InChI=1S/C21H32N2O4/c1-26-21(25)17-8-10-23(11-9-17)14-19(24)15-27-20-7-2-4-16(12-20)13-22-18-5-3-6-18/h2,4,7,12,17-19,22,24H,3,5-6,8-11,13-15H2,1H3. The Morgan fingerprint density at radius 1 is 1.30 bits per heavy atom. The van der Waals surface area contributed by atoms with Crippen molar-refractivity contribution in [1.29, 1.82) is 0 Å². The van der Waals surface area contributed by atoms with Crippen molar-refractivity contribution in [3.8, 4) is 5.75 Å². The second kappa shape index (κ2) is 10.1. The van der Waals surface area contributed by atoms with Crippen molar-refractivity contribution >= 4 is 5.97 Å². The third kappa shape index (κ3) is 6.19. The summed E-state index contributed by atoms with van der Waals surface area (Å²) in [6.07, 6.45) is 4.92. The van der Waals surface area contributed by atoms with Crippen molar-refractivity contribution < 1.29 is 19.4 Å². The van der Waals surface area contributed by atoms with Crippen LogP contribution in [0.3, 0.4) is 0 Å². The third-order valence-corrected chi connectivity index (χ3v) is 5.63. The monoisotopic (exact) mass is 376 g/mol. The van der Waals surface area contributed by atoms with E-state index in [1.807, 2.05) is 18.2 Å². The second-order valence-corrected chi connectivity index (χ2v) is 7.72. The summed E-state index contributed by atoms with van der Waals surface area (Å²) in [7, 11) is 1.44. The molecule has 0 aromatic heterocycles. The van der Waals surface area contributed by atoms with Crippen LogP contribution in [-0.4, -0.2) is 61.5 Å². The summed E-state index contributed by atoms with van der Waals surface area (Å²) >= 11 is 0. The first-order valence-electron chi connectivity index (χ1n) is 10.1. The van der Waals surface area contributed by atoms with Gasteiger partial charge in [0.1, 0.15) is 18.5 Å². The third-order valence-electron chi connectivity index (χ3n) is 5.63. The molecule has 2 N–H and O–H groups in total. The number of rotatable bonds is 9. The molecule has 150 valence electrons.